The minimum atomic E-state index is 0.723. The Bertz CT molecular complexity index is 351. The number of benzene rings is 1. The average molecular weight is 296 g/mol. The van der Waals surface area contributed by atoms with Crippen molar-refractivity contribution in [1.82, 2.24) is 5.32 Å². The van der Waals surface area contributed by atoms with Gasteiger partial charge in [0.15, 0.2) is 0 Å². The van der Waals surface area contributed by atoms with Crippen LogP contribution >= 0.6 is 15.9 Å². The van der Waals surface area contributed by atoms with E-state index in [0.29, 0.717) is 0 Å². The van der Waals surface area contributed by atoms with E-state index < -0.39 is 0 Å². The maximum atomic E-state index is 3.75. The minimum absolute atomic E-state index is 0.723. The van der Waals surface area contributed by atoms with Crippen LogP contribution in [0.2, 0.25) is 0 Å². The molecule has 0 aliphatic heterocycles. The van der Waals surface area contributed by atoms with Crippen molar-refractivity contribution in [2.24, 2.45) is 5.92 Å². The van der Waals surface area contributed by atoms with Gasteiger partial charge in [-0.3, -0.25) is 0 Å². The second kappa shape index (κ2) is 6.55. The van der Waals surface area contributed by atoms with Gasteiger partial charge in [-0.05, 0) is 30.4 Å². The molecule has 1 aliphatic carbocycles. The molecule has 2 atom stereocenters. The lowest BCUT2D eigenvalue weighted by molar-refractivity contribution is 0.254. The molecule has 2 rings (SSSR count). The molecule has 1 nitrogen and oxygen atoms in total. The summed E-state index contributed by atoms with van der Waals surface area (Å²) in [5.74, 6) is 0.881. The lowest BCUT2D eigenvalue weighted by Gasteiger charge is -2.31. The Morgan fingerprint density at radius 2 is 2.00 bits per heavy atom. The predicted octanol–water partition coefficient (Wildman–Crippen LogP) is 4.51. The smallest absolute Gasteiger partial charge is 0.0220 e. The van der Waals surface area contributed by atoms with Crippen LogP contribution in [0, 0.1) is 5.92 Å². The van der Waals surface area contributed by atoms with Crippen molar-refractivity contribution in [3.63, 3.8) is 0 Å². The van der Waals surface area contributed by atoms with E-state index in [4.69, 9.17) is 0 Å². The summed E-state index contributed by atoms with van der Waals surface area (Å²) in [7, 11) is 0. The van der Waals surface area contributed by atoms with Gasteiger partial charge in [-0.15, -0.1) is 0 Å². The number of rotatable bonds is 4. The second-order valence-electron chi connectivity index (χ2n) is 5.03. The topological polar surface area (TPSA) is 12.0 Å². The van der Waals surface area contributed by atoms with E-state index in [9.17, 15) is 0 Å². The van der Waals surface area contributed by atoms with Gasteiger partial charge in [0.05, 0.1) is 0 Å². The van der Waals surface area contributed by atoms with E-state index in [1.165, 1.54) is 42.1 Å². The van der Waals surface area contributed by atoms with Gasteiger partial charge in [0.25, 0.3) is 0 Å². The summed E-state index contributed by atoms with van der Waals surface area (Å²) in [4.78, 5) is 0. The van der Waals surface area contributed by atoms with Crippen molar-refractivity contribution < 1.29 is 0 Å². The van der Waals surface area contributed by atoms with Gasteiger partial charge in [-0.2, -0.15) is 0 Å². The fourth-order valence-electron chi connectivity index (χ4n) is 2.85. The van der Waals surface area contributed by atoms with Crippen molar-refractivity contribution in [3.8, 4) is 0 Å². The number of hydrogen-bond acceptors (Lipinski definition) is 1. The highest BCUT2D eigenvalue weighted by molar-refractivity contribution is 9.10. The monoisotopic (exact) mass is 295 g/mol. The van der Waals surface area contributed by atoms with E-state index in [2.05, 4.69) is 52.4 Å². The molecule has 1 aromatic carbocycles. The van der Waals surface area contributed by atoms with Crippen LogP contribution in [0.3, 0.4) is 0 Å². The van der Waals surface area contributed by atoms with Crippen LogP contribution in [0.15, 0.2) is 28.7 Å². The van der Waals surface area contributed by atoms with Crippen LogP contribution in [-0.2, 0) is 6.54 Å². The molecule has 0 amide bonds. The second-order valence-corrected chi connectivity index (χ2v) is 5.89. The highest BCUT2D eigenvalue weighted by atomic mass is 79.9. The molecule has 2 unspecified atom stereocenters. The summed E-state index contributed by atoms with van der Waals surface area (Å²) in [6, 6.07) is 9.22. The summed E-state index contributed by atoms with van der Waals surface area (Å²) in [6.45, 7) is 3.31. The molecule has 0 radical (unpaired) electrons. The lowest BCUT2D eigenvalue weighted by Crippen LogP contribution is -2.37. The quantitative estimate of drug-likeness (QED) is 0.862. The number of hydrogen-bond donors (Lipinski definition) is 1. The van der Waals surface area contributed by atoms with Gasteiger partial charge in [0, 0.05) is 17.1 Å². The Balaban J connectivity index is 1.90. The van der Waals surface area contributed by atoms with Gasteiger partial charge in [-0.1, -0.05) is 60.3 Å². The molecule has 0 saturated heterocycles. The Morgan fingerprint density at radius 1 is 1.24 bits per heavy atom. The van der Waals surface area contributed by atoms with Gasteiger partial charge >= 0.3 is 0 Å². The van der Waals surface area contributed by atoms with Crippen LogP contribution in [0.25, 0.3) is 0 Å². The van der Waals surface area contributed by atoms with Gasteiger partial charge < -0.3 is 5.32 Å². The molecule has 2 heteroatoms. The molecular formula is C15H22BrN. The van der Waals surface area contributed by atoms with E-state index in [1.807, 2.05) is 0 Å². The summed E-state index contributed by atoms with van der Waals surface area (Å²) in [6.07, 6.45) is 6.89. The van der Waals surface area contributed by atoms with Crippen LogP contribution in [0.5, 0.6) is 0 Å². The van der Waals surface area contributed by atoms with E-state index in [-0.39, 0.29) is 0 Å². The van der Waals surface area contributed by atoms with Gasteiger partial charge in [0.2, 0.25) is 0 Å². The highest BCUT2D eigenvalue weighted by Crippen LogP contribution is 2.27. The molecule has 1 aliphatic rings. The molecule has 0 aromatic heterocycles. The van der Waals surface area contributed by atoms with Crippen molar-refractivity contribution in [1.29, 1.82) is 0 Å². The lowest BCUT2D eigenvalue weighted by atomic mass is 9.83. The van der Waals surface area contributed by atoms with Crippen molar-refractivity contribution >= 4 is 15.9 Å². The summed E-state index contributed by atoms with van der Waals surface area (Å²) in [5, 5.41) is 3.75. The van der Waals surface area contributed by atoms with Crippen LogP contribution in [-0.4, -0.2) is 6.04 Å². The number of nitrogens with one attached hydrogen (secondary N) is 1. The van der Waals surface area contributed by atoms with E-state index in [0.717, 1.165) is 18.5 Å². The third-order valence-corrected chi connectivity index (χ3v) is 4.72. The molecule has 1 fully saturated rings. The van der Waals surface area contributed by atoms with Crippen molar-refractivity contribution in [3.05, 3.63) is 34.3 Å². The SMILES string of the molecule is CCC1CCCCC1NCc1ccccc1Br. The molecule has 0 heterocycles. The number of halogens is 1. The summed E-state index contributed by atoms with van der Waals surface area (Å²) >= 11 is 3.61. The molecule has 0 spiro atoms. The van der Waals surface area contributed by atoms with E-state index >= 15 is 0 Å². The summed E-state index contributed by atoms with van der Waals surface area (Å²) in [5.41, 5.74) is 1.37. The molecule has 17 heavy (non-hydrogen) atoms. The largest absolute Gasteiger partial charge is 0.310 e. The van der Waals surface area contributed by atoms with Crippen molar-refractivity contribution in [2.75, 3.05) is 0 Å². The van der Waals surface area contributed by atoms with Crippen LogP contribution in [0.1, 0.15) is 44.6 Å². The Labute approximate surface area is 113 Å². The van der Waals surface area contributed by atoms with Crippen LogP contribution in [0.4, 0.5) is 0 Å². The van der Waals surface area contributed by atoms with Gasteiger partial charge in [-0.25, -0.2) is 0 Å². The first-order valence-electron chi connectivity index (χ1n) is 6.78. The molecular weight excluding hydrogens is 274 g/mol. The predicted molar refractivity (Wildman–Crippen MR) is 77.0 cm³/mol. The zero-order valence-corrected chi connectivity index (χ0v) is 12.2. The van der Waals surface area contributed by atoms with Crippen molar-refractivity contribution in [2.45, 2.75) is 51.6 Å². The zero-order valence-electron chi connectivity index (χ0n) is 10.6. The first kappa shape index (κ1) is 13.1. The average Bonchev–Trinajstić information content (AvgIpc) is 2.38. The molecule has 0 bridgehead atoms. The molecule has 94 valence electrons. The Kier molecular flexibility index (Phi) is 5.05. The first-order valence-corrected chi connectivity index (χ1v) is 7.57. The molecule has 1 aromatic rings. The fourth-order valence-corrected chi connectivity index (χ4v) is 3.27. The Morgan fingerprint density at radius 3 is 2.76 bits per heavy atom. The summed E-state index contributed by atoms with van der Waals surface area (Å²) < 4.78 is 1.22. The normalized spacial score (nSPS) is 24.8. The van der Waals surface area contributed by atoms with Gasteiger partial charge in [0.1, 0.15) is 0 Å². The maximum Gasteiger partial charge on any atom is 0.0220 e. The van der Waals surface area contributed by atoms with Crippen LogP contribution < -0.4 is 5.32 Å². The minimum Gasteiger partial charge on any atom is -0.310 e. The first-order chi connectivity index (χ1) is 8.31. The Hall–Kier alpha value is -0.340. The fraction of sp³-hybridized carbons (Fsp3) is 0.600. The molecule has 1 saturated carbocycles. The molecule has 1 N–H and O–H groups in total. The van der Waals surface area contributed by atoms with E-state index in [1.54, 1.807) is 0 Å². The third-order valence-electron chi connectivity index (χ3n) is 3.95. The zero-order chi connectivity index (χ0) is 12.1. The third kappa shape index (κ3) is 3.56. The highest BCUT2D eigenvalue weighted by Gasteiger charge is 2.22. The maximum absolute atomic E-state index is 3.75. The standard InChI is InChI=1S/C15H22BrN/c1-2-12-7-4-6-10-15(12)17-11-13-8-3-5-9-14(13)16/h3,5,8-9,12,15,17H,2,4,6-7,10-11H2,1H3.